The fraction of sp³-hybridized carbons (Fsp3) is 0.652. The smallest absolute Gasteiger partial charge is 0.233 e. The highest BCUT2D eigenvalue weighted by Gasteiger charge is 2.54. The molecule has 0 bridgehead atoms. The molecule has 2 amide bonds. The van der Waals surface area contributed by atoms with Gasteiger partial charge in [-0.05, 0) is 50.5 Å². The molecule has 5 nitrogen and oxygen atoms in total. The number of benzene rings is 1. The van der Waals surface area contributed by atoms with Crippen LogP contribution >= 0.6 is 0 Å². The Morgan fingerprint density at radius 1 is 0.964 bits per heavy atom. The lowest BCUT2D eigenvalue weighted by molar-refractivity contribution is -0.141. The highest BCUT2D eigenvalue weighted by Crippen LogP contribution is 2.50. The van der Waals surface area contributed by atoms with Crippen LogP contribution in [0, 0.1) is 5.92 Å². The molecule has 5 heteroatoms. The van der Waals surface area contributed by atoms with Gasteiger partial charge in [-0.1, -0.05) is 30.3 Å². The zero-order valence-corrected chi connectivity index (χ0v) is 16.5. The number of rotatable bonds is 5. The average Bonchev–Trinajstić information content (AvgIpc) is 3.67. The molecule has 0 aromatic heterocycles. The van der Waals surface area contributed by atoms with Crippen molar-refractivity contribution in [2.24, 2.45) is 5.92 Å². The molecule has 4 aliphatic rings. The summed E-state index contributed by atoms with van der Waals surface area (Å²) in [5.74, 6) is 0.828. The van der Waals surface area contributed by atoms with E-state index in [0.29, 0.717) is 12.5 Å². The molecule has 2 heterocycles. The maximum atomic E-state index is 13.4. The van der Waals surface area contributed by atoms with Crippen LogP contribution in [0.25, 0.3) is 0 Å². The molecular formula is C23H30N2O3. The molecule has 2 saturated heterocycles. The summed E-state index contributed by atoms with van der Waals surface area (Å²) >= 11 is 0. The molecule has 150 valence electrons. The number of carbonyl (C=O) groups excluding carboxylic acids is 2. The Bertz CT molecular complexity index is 735. The molecule has 28 heavy (non-hydrogen) atoms. The van der Waals surface area contributed by atoms with Crippen LogP contribution in [0.3, 0.4) is 0 Å². The van der Waals surface area contributed by atoms with Crippen LogP contribution in [0.2, 0.25) is 0 Å². The van der Waals surface area contributed by atoms with Crippen LogP contribution in [0.1, 0.15) is 50.5 Å². The van der Waals surface area contributed by atoms with Crippen LogP contribution in [0.4, 0.5) is 0 Å². The van der Waals surface area contributed by atoms with Gasteiger partial charge in [0, 0.05) is 38.3 Å². The third-order valence-corrected chi connectivity index (χ3v) is 7.10. The van der Waals surface area contributed by atoms with Gasteiger partial charge < -0.3 is 14.5 Å². The predicted molar refractivity (Wildman–Crippen MR) is 106 cm³/mol. The SMILES string of the molecule is O=C(C1CC1)N(C1CCOCC1)C1CCN(C(=O)C2(c3ccccc3)CC2)C1. The van der Waals surface area contributed by atoms with E-state index in [4.69, 9.17) is 4.74 Å². The lowest BCUT2D eigenvalue weighted by Crippen LogP contribution is -2.51. The Morgan fingerprint density at radius 3 is 2.32 bits per heavy atom. The Labute approximate surface area is 167 Å². The zero-order valence-electron chi connectivity index (χ0n) is 16.5. The molecule has 4 fully saturated rings. The van der Waals surface area contributed by atoms with Crippen molar-refractivity contribution in [1.29, 1.82) is 0 Å². The van der Waals surface area contributed by atoms with Gasteiger partial charge in [0.25, 0.3) is 0 Å². The van der Waals surface area contributed by atoms with Crippen LogP contribution in [-0.2, 0) is 19.7 Å². The summed E-state index contributed by atoms with van der Waals surface area (Å²) in [5.41, 5.74) is 0.846. The van der Waals surface area contributed by atoms with E-state index in [0.717, 1.165) is 70.3 Å². The molecule has 0 N–H and O–H groups in total. The second-order valence-electron chi connectivity index (χ2n) is 9.01. The van der Waals surface area contributed by atoms with Crippen molar-refractivity contribution in [2.75, 3.05) is 26.3 Å². The van der Waals surface area contributed by atoms with Gasteiger partial charge in [-0.3, -0.25) is 9.59 Å². The van der Waals surface area contributed by atoms with Crippen molar-refractivity contribution in [3.63, 3.8) is 0 Å². The second kappa shape index (κ2) is 7.18. The minimum Gasteiger partial charge on any atom is -0.381 e. The quantitative estimate of drug-likeness (QED) is 0.787. The highest BCUT2D eigenvalue weighted by atomic mass is 16.5. The van der Waals surface area contributed by atoms with Gasteiger partial charge in [-0.2, -0.15) is 0 Å². The monoisotopic (exact) mass is 382 g/mol. The first-order chi connectivity index (χ1) is 13.7. The van der Waals surface area contributed by atoms with E-state index in [1.54, 1.807) is 0 Å². The normalized spacial score (nSPS) is 26.9. The van der Waals surface area contributed by atoms with E-state index >= 15 is 0 Å². The summed E-state index contributed by atoms with van der Waals surface area (Å²) in [7, 11) is 0. The number of nitrogens with zero attached hydrogens (tertiary/aromatic N) is 2. The van der Waals surface area contributed by atoms with Crippen molar-refractivity contribution in [2.45, 2.75) is 62.4 Å². The number of likely N-dealkylation sites (tertiary alicyclic amines) is 1. The van der Waals surface area contributed by atoms with Gasteiger partial charge in [0.2, 0.25) is 11.8 Å². The number of hydrogen-bond donors (Lipinski definition) is 0. The number of hydrogen-bond acceptors (Lipinski definition) is 3. The number of ether oxygens (including phenoxy) is 1. The molecule has 2 saturated carbocycles. The largest absolute Gasteiger partial charge is 0.381 e. The number of amides is 2. The first kappa shape index (κ1) is 18.2. The van der Waals surface area contributed by atoms with Crippen LogP contribution < -0.4 is 0 Å². The zero-order chi connectivity index (χ0) is 19.1. The molecule has 0 spiro atoms. The summed E-state index contributed by atoms with van der Waals surface area (Å²) in [5, 5.41) is 0. The molecule has 1 atom stereocenters. The Balaban J connectivity index is 1.31. The van der Waals surface area contributed by atoms with Crippen LogP contribution in [0.15, 0.2) is 30.3 Å². The highest BCUT2D eigenvalue weighted by molar-refractivity contribution is 5.91. The third kappa shape index (κ3) is 3.24. The average molecular weight is 383 g/mol. The summed E-state index contributed by atoms with van der Waals surface area (Å²) < 4.78 is 5.53. The van der Waals surface area contributed by atoms with Gasteiger partial charge in [0.05, 0.1) is 11.5 Å². The maximum absolute atomic E-state index is 13.4. The Hall–Kier alpha value is -1.88. The van der Waals surface area contributed by atoms with Crippen molar-refractivity contribution in [3.05, 3.63) is 35.9 Å². The molecule has 1 aromatic carbocycles. The van der Waals surface area contributed by atoms with Gasteiger partial charge in [0.15, 0.2) is 0 Å². The molecule has 5 rings (SSSR count). The van der Waals surface area contributed by atoms with Crippen molar-refractivity contribution in [3.8, 4) is 0 Å². The Morgan fingerprint density at radius 2 is 1.68 bits per heavy atom. The van der Waals surface area contributed by atoms with Crippen LogP contribution in [0.5, 0.6) is 0 Å². The lowest BCUT2D eigenvalue weighted by Gasteiger charge is -2.39. The fourth-order valence-corrected chi connectivity index (χ4v) is 5.13. The standard InChI is InChI=1S/C23H30N2O3/c26-21(17-6-7-17)25(19-9-14-28-15-10-19)20-8-13-24(16-20)22(27)23(11-12-23)18-4-2-1-3-5-18/h1-5,17,19-20H,6-16H2. The summed E-state index contributed by atoms with van der Waals surface area (Å²) in [6.45, 7) is 2.95. The maximum Gasteiger partial charge on any atom is 0.233 e. The second-order valence-corrected chi connectivity index (χ2v) is 9.01. The van der Waals surface area contributed by atoms with E-state index in [-0.39, 0.29) is 29.3 Å². The molecule has 1 unspecified atom stereocenters. The van der Waals surface area contributed by atoms with E-state index in [1.807, 2.05) is 23.1 Å². The summed E-state index contributed by atoms with van der Waals surface area (Å²) in [6.07, 6.45) is 6.72. The van der Waals surface area contributed by atoms with Crippen molar-refractivity contribution < 1.29 is 14.3 Å². The van der Waals surface area contributed by atoms with E-state index in [9.17, 15) is 9.59 Å². The minimum atomic E-state index is -0.305. The van der Waals surface area contributed by atoms with Gasteiger partial charge in [-0.15, -0.1) is 0 Å². The number of carbonyl (C=O) groups is 2. The van der Waals surface area contributed by atoms with Gasteiger partial charge in [-0.25, -0.2) is 0 Å². The predicted octanol–water partition coefficient (Wildman–Crippen LogP) is 2.74. The van der Waals surface area contributed by atoms with Crippen LogP contribution in [-0.4, -0.2) is 60.0 Å². The molecule has 2 aliphatic heterocycles. The van der Waals surface area contributed by atoms with Gasteiger partial charge >= 0.3 is 0 Å². The van der Waals surface area contributed by atoms with Gasteiger partial charge in [0.1, 0.15) is 0 Å². The van der Waals surface area contributed by atoms with Crippen molar-refractivity contribution >= 4 is 11.8 Å². The summed E-state index contributed by atoms with van der Waals surface area (Å²) in [6, 6.07) is 10.7. The molecule has 2 aliphatic carbocycles. The van der Waals surface area contributed by atoms with Crippen molar-refractivity contribution in [1.82, 2.24) is 9.80 Å². The first-order valence-corrected chi connectivity index (χ1v) is 10.9. The van der Waals surface area contributed by atoms with E-state index in [2.05, 4.69) is 17.0 Å². The Kier molecular flexibility index (Phi) is 4.66. The fourth-order valence-electron chi connectivity index (χ4n) is 5.13. The molecule has 1 aromatic rings. The van der Waals surface area contributed by atoms with E-state index < -0.39 is 0 Å². The first-order valence-electron chi connectivity index (χ1n) is 10.9. The molecular weight excluding hydrogens is 352 g/mol. The third-order valence-electron chi connectivity index (χ3n) is 7.10. The topological polar surface area (TPSA) is 49.9 Å². The lowest BCUT2D eigenvalue weighted by atomic mass is 9.94. The van der Waals surface area contributed by atoms with E-state index in [1.165, 1.54) is 0 Å². The molecule has 0 radical (unpaired) electrons. The minimum absolute atomic E-state index is 0.173. The summed E-state index contributed by atoms with van der Waals surface area (Å²) in [4.78, 5) is 30.7.